The molecule has 2 rings (SSSR count). The van der Waals surface area contributed by atoms with Gasteiger partial charge in [-0.15, -0.1) is 0 Å². The van der Waals surface area contributed by atoms with Gasteiger partial charge in [-0.2, -0.15) is 0 Å². The standard InChI is InChI=1S/C13H19N3O2/c1-16(10-6-4-2-3-5-7-10)13-14-9-8-11(15-13)12(17)18/h8-10H,2-7H2,1H3,(H,17,18). The summed E-state index contributed by atoms with van der Waals surface area (Å²) in [5.41, 5.74) is 0.0560. The lowest BCUT2D eigenvalue weighted by Gasteiger charge is -2.27. The highest BCUT2D eigenvalue weighted by Gasteiger charge is 2.19. The molecule has 0 amide bonds. The van der Waals surface area contributed by atoms with E-state index in [4.69, 9.17) is 5.11 Å². The van der Waals surface area contributed by atoms with Crippen LogP contribution < -0.4 is 4.90 Å². The van der Waals surface area contributed by atoms with E-state index in [1.165, 1.54) is 37.9 Å². The smallest absolute Gasteiger partial charge is 0.354 e. The number of carboxylic acid groups (broad SMARTS) is 1. The molecule has 18 heavy (non-hydrogen) atoms. The lowest BCUT2D eigenvalue weighted by atomic mass is 10.1. The van der Waals surface area contributed by atoms with Gasteiger partial charge in [0.25, 0.3) is 0 Å². The van der Waals surface area contributed by atoms with Gasteiger partial charge in [0.05, 0.1) is 0 Å². The van der Waals surface area contributed by atoms with Gasteiger partial charge in [-0.3, -0.25) is 0 Å². The van der Waals surface area contributed by atoms with E-state index in [1.807, 2.05) is 11.9 Å². The fourth-order valence-electron chi connectivity index (χ4n) is 2.45. The van der Waals surface area contributed by atoms with Crippen molar-refractivity contribution in [2.45, 2.75) is 44.6 Å². The summed E-state index contributed by atoms with van der Waals surface area (Å²) < 4.78 is 0. The van der Waals surface area contributed by atoms with Gasteiger partial charge >= 0.3 is 5.97 Å². The molecular weight excluding hydrogens is 230 g/mol. The van der Waals surface area contributed by atoms with E-state index in [1.54, 1.807) is 0 Å². The van der Waals surface area contributed by atoms with Crippen LogP contribution in [-0.2, 0) is 0 Å². The van der Waals surface area contributed by atoms with Crippen LogP contribution in [0.25, 0.3) is 0 Å². The lowest BCUT2D eigenvalue weighted by Crippen LogP contribution is -2.32. The van der Waals surface area contributed by atoms with Crippen molar-refractivity contribution >= 4 is 11.9 Å². The van der Waals surface area contributed by atoms with Crippen molar-refractivity contribution in [1.29, 1.82) is 0 Å². The molecule has 1 saturated carbocycles. The minimum absolute atomic E-state index is 0.0560. The quantitative estimate of drug-likeness (QED) is 0.833. The fraction of sp³-hybridized carbons (Fsp3) is 0.615. The molecule has 1 heterocycles. The van der Waals surface area contributed by atoms with Crippen molar-refractivity contribution in [3.05, 3.63) is 18.0 Å². The van der Waals surface area contributed by atoms with Crippen molar-refractivity contribution in [1.82, 2.24) is 9.97 Å². The largest absolute Gasteiger partial charge is 0.477 e. The number of aromatic nitrogens is 2. The van der Waals surface area contributed by atoms with E-state index >= 15 is 0 Å². The fourth-order valence-corrected chi connectivity index (χ4v) is 2.45. The zero-order valence-electron chi connectivity index (χ0n) is 10.7. The summed E-state index contributed by atoms with van der Waals surface area (Å²) >= 11 is 0. The number of aromatic carboxylic acids is 1. The van der Waals surface area contributed by atoms with E-state index in [0.29, 0.717) is 12.0 Å². The van der Waals surface area contributed by atoms with Crippen molar-refractivity contribution < 1.29 is 9.90 Å². The average molecular weight is 249 g/mol. The molecule has 98 valence electrons. The molecule has 1 aliphatic carbocycles. The highest BCUT2D eigenvalue weighted by molar-refractivity contribution is 5.85. The number of carboxylic acids is 1. The summed E-state index contributed by atoms with van der Waals surface area (Å²) in [6.07, 6.45) is 8.83. The van der Waals surface area contributed by atoms with Crippen molar-refractivity contribution in [3.63, 3.8) is 0 Å². The Balaban J connectivity index is 2.13. The highest BCUT2D eigenvalue weighted by atomic mass is 16.4. The molecule has 1 aliphatic rings. The van der Waals surface area contributed by atoms with Gasteiger partial charge in [-0.05, 0) is 18.9 Å². The van der Waals surface area contributed by atoms with Crippen LogP contribution in [0.3, 0.4) is 0 Å². The Labute approximate surface area is 107 Å². The highest BCUT2D eigenvalue weighted by Crippen LogP contribution is 2.23. The third kappa shape index (κ3) is 2.97. The maximum absolute atomic E-state index is 10.9. The molecule has 5 nitrogen and oxygen atoms in total. The van der Waals surface area contributed by atoms with Crippen LogP contribution in [0.2, 0.25) is 0 Å². The first-order valence-electron chi connectivity index (χ1n) is 6.47. The molecule has 1 N–H and O–H groups in total. The third-order valence-corrected chi connectivity index (χ3v) is 3.55. The summed E-state index contributed by atoms with van der Waals surface area (Å²) in [7, 11) is 1.96. The van der Waals surface area contributed by atoms with E-state index in [-0.39, 0.29) is 5.69 Å². The average Bonchev–Trinajstić information content (AvgIpc) is 2.67. The van der Waals surface area contributed by atoms with Gasteiger partial charge in [0.1, 0.15) is 0 Å². The molecule has 0 unspecified atom stereocenters. The molecule has 5 heteroatoms. The van der Waals surface area contributed by atoms with E-state index in [0.717, 1.165) is 12.8 Å². The van der Waals surface area contributed by atoms with E-state index < -0.39 is 5.97 Å². The Morgan fingerprint density at radius 1 is 1.33 bits per heavy atom. The maximum Gasteiger partial charge on any atom is 0.354 e. The van der Waals surface area contributed by atoms with Crippen molar-refractivity contribution in [2.75, 3.05) is 11.9 Å². The maximum atomic E-state index is 10.9. The molecule has 1 aromatic rings. The Morgan fingerprint density at radius 3 is 2.61 bits per heavy atom. The first-order chi connectivity index (χ1) is 8.68. The molecule has 0 bridgehead atoms. The van der Waals surface area contributed by atoms with Gasteiger partial charge in [0, 0.05) is 19.3 Å². The minimum atomic E-state index is -1.01. The van der Waals surface area contributed by atoms with Crippen molar-refractivity contribution in [2.24, 2.45) is 0 Å². The molecule has 0 aromatic carbocycles. The van der Waals surface area contributed by atoms with Gasteiger partial charge in [-0.1, -0.05) is 25.7 Å². The number of rotatable bonds is 3. The molecule has 0 saturated heterocycles. The summed E-state index contributed by atoms with van der Waals surface area (Å²) in [5.74, 6) is -0.491. The van der Waals surface area contributed by atoms with E-state index in [2.05, 4.69) is 9.97 Å². The summed E-state index contributed by atoms with van der Waals surface area (Å²) in [4.78, 5) is 21.2. The number of anilines is 1. The van der Waals surface area contributed by atoms with Crippen LogP contribution in [0, 0.1) is 0 Å². The number of hydrogen-bond donors (Lipinski definition) is 1. The zero-order chi connectivity index (χ0) is 13.0. The molecule has 0 atom stereocenters. The Bertz CT molecular complexity index is 414. The first-order valence-corrected chi connectivity index (χ1v) is 6.47. The Morgan fingerprint density at radius 2 is 2.00 bits per heavy atom. The Kier molecular flexibility index (Phi) is 4.12. The molecule has 1 fully saturated rings. The Hall–Kier alpha value is -1.65. The van der Waals surface area contributed by atoms with Crippen LogP contribution in [0.1, 0.15) is 49.0 Å². The SMILES string of the molecule is CN(c1nccc(C(=O)O)n1)C1CCCCCC1. The third-order valence-electron chi connectivity index (χ3n) is 3.55. The van der Waals surface area contributed by atoms with Gasteiger partial charge in [0.2, 0.25) is 5.95 Å². The number of nitrogens with zero attached hydrogens (tertiary/aromatic N) is 3. The zero-order valence-corrected chi connectivity index (χ0v) is 10.7. The minimum Gasteiger partial charge on any atom is -0.477 e. The second kappa shape index (κ2) is 5.80. The predicted molar refractivity (Wildman–Crippen MR) is 68.9 cm³/mol. The summed E-state index contributed by atoms with van der Waals surface area (Å²) in [5, 5.41) is 8.94. The topological polar surface area (TPSA) is 66.3 Å². The molecule has 1 aromatic heterocycles. The summed E-state index contributed by atoms with van der Waals surface area (Å²) in [6.45, 7) is 0. The second-order valence-corrected chi connectivity index (χ2v) is 4.80. The number of hydrogen-bond acceptors (Lipinski definition) is 4. The van der Waals surface area contributed by atoms with Gasteiger partial charge in [0.15, 0.2) is 5.69 Å². The normalized spacial score (nSPS) is 17.2. The van der Waals surface area contributed by atoms with Crippen molar-refractivity contribution in [3.8, 4) is 0 Å². The van der Waals surface area contributed by atoms with E-state index in [9.17, 15) is 4.79 Å². The molecule has 0 aliphatic heterocycles. The molecular formula is C13H19N3O2. The number of carbonyl (C=O) groups is 1. The van der Waals surface area contributed by atoms with Gasteiger partial charge in [-0.25, -0.2) is 14.8 Å². The molecule has 0 spiro atoms. The van der Waals surface area contributed by atoms with Crippen LogP contribution >= 0.6 is 0 Å². The van der Waals surface area contributed by atoms with Gasteiger partial charge < -0.3 is 10.0 Å². The molecule has 0 radical (unpaired) electrons. The van der Waals surface area contributed by atoms with Crippen LogP contribution in [0.15, 0.2) is 12.3 Å². The van der Waals surface area contributed by atoms with Crippen LogP contribution in [0.4, 0.5) is 5.95 Å². The first kappa shape index (κ1) is 12.8. The van der Waals surface area contributed by atoms with Crippen LogP contribution in [0.5, 0.6) is 0 Å². The predicted octanol–water partition coefficient (Wildman–Crippen LogP) is 2.33. The lowest BCUT2D eigenvalue weighted by molar-refractivity contribution is 0.0690. The van der Waals surface area contributed by atoms with Crippen LogP contribution in [-0.4, -0.2) is 34.1 Å². The monoisotopic (exact) mass is 249 g/mol. The second-order valence-electron chi connectivity index (χ2n) is 4.80. The summed E-state index contributed by atoms with van der Waals surface area (Å²) in [6, 6.07) is 1.85.